The molecule has 2 rings (SSSR count). The number of hydrogen-bond acceptors (Lipinski definition) is 5. The van der Waals surface area contributed by atoms with Crippen LogP contribution in [-0.4, -0.2) is 40.0 Å². The number of carboxylic acid groups (broad SMARTS) is 1. The average Bonchev–Trinajstić information content (AvgIpc) is 2.97. The third kappa shape index (κ3) is 5.96. The molecule has 1 amide bonds. The number of carboxylic acids is 1. The van der Waals surface area contributed by atoms with E-state index in [2.05, 4.69) is 10.7 Å². The molecule has 0 saturated heterocycles. The summed E-state index contributed by atoms with van der Waals surface area (Å²) in [5.74, 6) is -0.228. The van der Waals surface area contributed by atoms with Gasteiger partial charge in [-0.25, -0.2) is 4.98 Å². The highest BCUT2D eigenvalue weighted by Crippen LogP contribution is 2.33. The summed E-state index contributed by atoms with van der Waals surface area (Å²) >= 11 is 2.79. The monoisotopic (exact) mass is 342 g/mol. The molecule has 0 bridgehead atoms. The topological polar surface area (TPSA) is 79.3 Å². The first-order chi connectivity index (χ1) is 10.6. The Morgan fingerprint density at radius 3 is 2.82 bits per heavy atom. The van der Waals surface area contributed by atoms with Crippen LogP contribution in [0.3, 0.4) is 0 Å². The summed E-state index contributed by atoms with van der Waals surface area (Å²) in [5.41, 5.74) is 1.23. The molecule has 1 fully saturated rings. The molecule has 0 radical (unpaired) electrons. The van der Waals surface area contributed by atoms with Gasteiger partial charge in [0.25, 0.3) is 0 Å². The van der Waals surface area contributed by atoms with E-state index >= 15 is 0 Å². The van der Waals surface area contributed by atoms with Gasteiger partial charge in [-0.1, -0.05) is 19.3 Å². The van der Waals surface area contributed by atoms with Crippen molar-refractivity contribution in [2.45, 2.75) is 44.4 Å². The predicted molar refractivity (Wildman–Crippen MR) is 89.6 cm³/mol. The molecule has 2 N–H and O–H groups in total. The maximum Gasteiger partial charge on any atom is 0.313 e. The number of thiazole rings is 1. The van der Waals surface area contributed by atoms with Crippen molar-refractivity contribution in [2.24, 2.45) is 0 Å². The summed E-state index contributed by atoms with van der Waals surface area (Å²) < 4.78 is 0. The van der Waals surface area contributed by atoms with E-state index in [4.69, 9.17) is 10.1 Å². The van der Waals surface area contributed by atoms with Crippen molar-refractivity contribution in [2.75, 3.05) is 18.1 Å². The van der Waals surface area contributed by atoms with E-state index in [0.717, 1.165) is 23.2 Å². The molecule has 1 heterocycles. The molecule has 1 aliphatic rings. The van der Waals surface area contributed by atoms with Crippen LogP contribution in [0.2, 0.25) is 0 Å². The zero-order chi connectivity index (χ0) is 15.8. The number of rotatable bonds is 8. The molecule has 1 aromatic heterocycles. The Kier molecular flexibility index (Phi) is 7.18. The zero-order valence-electron chi connectivity index (χ0n) is 12.5. The fourth-order valence-corrected chi connectivity index (χ4v) is 4.06. The van der Waals surface area contributed by atoms with Crippen LogP contribution in [0.15, 0.2) is 5.38 Å². The number of amides is 1. The van der Waals surface area contributed by atoms with Crippen LogP contribution in [0.25, 0.3) is 0 Å². The third-order valence-corrected chi connectivity index (χ3v) is 5.56. The quantitative estimate of drug-likeness (QED) is 0.759. The van der Waals surface area contributed by atoms with E-state index in [1.807, 2.05) is 0 Å². The molecule has 0 atom stereocenters. The number of hydrogen-bond donors (Lipinski definition) is 2. The lowest BCUT2D eigenvalue weighted by molar-refractivity contribution is -0.133. The smallest absolute Gasteiger partial charge is 0.313 e. The fourth-order valence-electron chi connectivity index (χ4n) is 2.62. The number of carbonyl (C=O) groups excluding carboxylic acids is 1. The first kappa shape index (κ1) is 17.3. The molecule has 5 nitrogen and oxygen atoms in total. The summed E-state index contributed by atoms with van der Waals surface area (Å²) in [5, 5.41) is 14.5. The van der Waals surface area contributed by atoms with Crippen molar-refractivity contribution in [3.05, 3.63) is 16.1 Å². The van der Waals surface area contributed by atoms with E-state index in [9.17, 15) is 9.59 Å². The Hall–Kier alpha value is -1.08. The Morgan fingerprint density at radius 2 is 2.09 bits per heavy atom. The molecular weight excluding hydrogens is 320 g/mol. The fraction of sp³-hybridized carbons (Fsp3) is 0.667. The molecule has 1 saturated carbocycles. The lowest BCUT2D eigenvalue weighted by Gasteiger charge is -2.19. The van der Waals surface area contributed by atoms with Crippen LogP contribution in [0, 0.1) is 0 Å². The number of nitrogens with zero attached hydrogens (tertiary/aromatic N) is 1. The molecule has 0 spiro atoms. The maximum absolute atomic E-state index is 11.5. The number of aliphatic carboxylic acids is 1. The maximum atomic E-state index is 11.5. The van der Waals surface area contributed by atoms with Gasteiger partial charge in [0.15, 0.2) is 0 Å². The highest BCUT2D eigenvalue weighted by Gasteiger charge is 2.18. The summed E-state index contributed by atoms with van der Waals surface area (Å²) in [4.78, 5) is 26.6. The minimum atomic E-state index is -0.893. The van der Waals surface area contributed by atoms with Gasteiger partial charge in [-0.05, 0) is 12.8 Å². The lowest BCUT2D eigenvalue weighted by atomic mass is 9.87. The molecule has 22 heavy (non-hydrogen) atoms. The standard InChI is InChI=1S/C15H22N2O3S2/c18-13(9-21-10-15(19)20)16-7-6-14-17-12(8-22-14)11-4-2-1-3-5-11/h8,11H,1-7,9-10H2,(H,16,18)(H,19,20). The zero-order valence-corrected chi connectivity index (χ0v) is 14.2. The second-order valence-corrected chi connectivity index (χ2v) is 7.42. The van der Waals surface area contributed by atoms with Crippen molar-refractivity contribution >= 4 is 35.0 Å². The predicted octanol–water partition coefficient (Wildman–Crippen LogP) is 2.67. The van der Waals surface area contributed by atoms with Crippen molar-refractivity contribution in [1.29, 1.82) is 0 Å². The molecule has 0 aromatic carbocycles. The van der Waals surface area contributed by atoms with Gasteiger partial charge in [-0.15, -0.1) is 23.1 Å². The summed E-state index contributed by atoms with van der Waals surface area (Å²) in [6, 6.07) is 0. The normalized spacial score (nSPS) is 15.6. The summed E-state index contributed by atoms with van der Waals surface area (Å²) in [6.07, 6.45) is 7.21. The van der Waals surface area contributed by atoms with E-state index in [1.165, 1.54) is 37.8 Å². The summed E-state index contributed by atoms with van der Waals surface area (Å²) in [7, 11) is 0. The minimum absolute atomic E-state index is 0.0371. The number of nitrogens with one attached hydrogen (secondary N) is 1. The van der Waals surface area contributed by atoms with Crippen molar-refractivity contribution < 1.29 is 14.7 Å². The second-order valence-electron chi connectivity index (χ2n) is 5.49. The Labute approximate surface area is 138 Å². The van der Waals surface area contributed by atoms with Crippen molar-refractivity contribution in [1.82, 2.24) is 10.3 Å². The molecule has 7 heteroatoms. The second kappa shape index (κ2) is 9.15. The van der Waals surface area contributed by atoms with Crippen molar-refractivity contribution in [3.63, 3.8) is 0 Å². The van der Waals surface area contributed by atoms with Gasteiger partial charge in [-0.3, -0.25) is 9.59 Å². The molecule has 0 unspecified atom stereocenters. The van der Waals surface area contributed by atoms with Crippen LogP contribution in [-0.2, 0) is 16.0 Å². The summed E-state index contributed by atoms with van der Waals surface area (Å²) in [6.45, 7) is 0.560. The Balaban J connectivity index is 1.65. The van der Waals surface area contributed by atoms with Gasteiger partial charge in [0.05, 0.1) is 22.2 Å². The van der Waals surface area contributed by atoms with Gasteiger partial charge in [0.1, 0.15) is 0 Å². The molecular formula is C15H22N2O3S2. The average molecular weight is 342 g/mol. The van der Waals surface area contributed by atoms with Crippen LogP contribution < -0.4 is 5.32 Å². The van der Waals surface area contributed by atoms with Gasteiger partial charge in [-0.2, -0.15) is 0 Å². The first-order valence-corrected chi connectivity index (χ1v) is 9.69. The molecule has 1 aliphatic carbocycles. The highest BCUT2D eigenvalue weighted by atomic mass is 32.2. The number of thioether (sulfide) groups is 1. The Bertz CT molecular complexity index is 499. The largest absolute Gasteiger partial charge is 0.481 e. The van der Waals surface area contributed by atoms with Crippen LogP contribution in [0.4, 0.5) is 0 Å². The van der Waals surface area contributed by atoms with Gasteiger partial charge in [0.2, 0.25) is 5.91 Å². The van der Waals surface area contributed by atoms with Gasteiger partial charge >= 0.3 is 5.97 Å². The number of aromatic nitrogens is 1. The number of carbonyl (C=O) groups is 2. The van der Waals surface area contributed by atoms with E-state index in [0.29, 0.717) is 12.5 Å². The third-order valence-electron chi connectivity index (χ3n) is 3.71. The van der Waals surface area contributed by atoms with Crippen molar-refractivity contribution in [3.8, 4) is 0 Å². The van der Waals surface area contributed by atoms with Crippen LogP contribution >= 0.6 is 23.1 Å². The van der Waals surface area contributed by atoms with Gasteiger partial charge < -0.3 is 10.4 Å². The highest BCUT2D eigenvalue weighted by molar-refractivity contribution is 8.00. The lowest BCUT2D eigenvalue weighted by Crippen LogP contribution is -2.27. The van der Waals surface area contributed by atoms with E-state index < -0.39 is 5.97 Å². The van der Waals surface area contributed by atoms with Gasteiger partial charge in [0, 0.05) is 24.3 Å². The molecule has 0 aliphatic heterocycles. The van der Waals surface area contributed by atoms with E-state index in [-0.39, 0.29) is 17.4 Å². The Morgan fingerprint density at radius 1 is 1.32 bits per heavy atom. The minimum Gasteiger partial charge on any atom is -0.481 e. The molecule has 122 valence electrons. The SMILES string of the molecule is O=C(O)CSCC(=O)NCCc1nc(C2CCCCC2)cs1. The first-order valence-electron chi connectivity index (χ1n) is 7.65. The molecule has 1 aromatic rings. The van der Waals surface area contributed by atoms with E-state index in [1.54, 1.807) is 11.3 Å². The van der Waals surface area contributed by atoms with Crippen LogP contribution in [0.1, 0.15) is 48.7 Å². The van der Waals surface area contributed by atoms with Crippen LogP contribution in [0.5, 0.6) is 0 Å².